The standard InChI is InChI=1S/C26H54NO9PSi/c1-18(20(21(29)33-24(5,6)7)27-22(30)23(2,3)4)34-37(31,36-25(8,9)10)32-17-19(16-28)35-38(14,15)26(11,12)13/h18-20,28H,16-17H2,1-15H3,(H,27,30)/t18-,19+,20-,37?/m0/s1. The van der Waals surface area contributed by atoms with Crippen LogP contribution in [-0.2, 0) is 36.9 Å². The zero-order chi connectivity index (χ0) is 30.5. The topological polar surface area (TPSA) is 130 Å². The molecule has 4 atom stereocenters. The van der Waals surface area contributed by atoms with Gasteiger partial charge in [0.15, 0.2) is 14.4 Å². The van der Waals surface area contributed by atoms with Crippen molar-refractivity contribution in [2.24, 2.45) is 5.41 Å². The van der Waals surface area contributed by atoms with Crippen molar-refractivity contribution >= 4 is 28.0 Å². The van der Waals surface area contributed by atoms with Crippen molar-refractivity contribution < 1.29 is 42.0 Å². The zero-order valence-electron chi connectivity index (χ0n) is 26.3. The van der Waals surface area contributed by atoms with E-state index in [4.69, 9.17) is 22.7 Å². The number of ether oxygens (including phenoxy) is 1. The number of amides is 1. The third-order valence-corrected chi connectivity index (χ3v) is 12.0. The number of carbonyl (C=O) groups excluding carboxylic acids is 2. The van der Waals surface area contributed by atoms with Crippen LogP contribution >= 0.6 is 7.82 Å². The molecule has 226 valence electrons. The maximum absolute atomic E-state index is 13.9. The zero-order valence-corrected chi connectivity index (χ0v) is 28.2. The Morgan fingerprint density at radius 3 is 1.79 bits per heavy atom. The second kappa shape index (κ2) is 13.2. The lowest BCUT2D eigenvalue weighted by atomic mass is 9.95. The molecule has 1 unspecified atom stereocenters. The van der Waals surface area contributed by atoms with Gasteiger partial charge in [-0.05, 0) is 66.6 Å². The van der Waals surface area contributed by atoms with Gasteiger partial charge in [-0.25, -0.2) is 9.36 Å². The molecule has 12 heteroatoms. The van der Waals surface area contributed by atoms with Crippen molar-refractivity contribution in [1.29, 1.82) is 0 Å². The molecule has 0 aromatic heterocycles. The average molecular weight is 584 g/mol. The van der Waals surface area contributed by atoms with Crippen molar-refractivity contribution in [2.45, 2.75) is 138 Å². The number of carbonyl (C=O) groups is 2. The third kappa shape index (κ3) is 13.5. The molecule has 0 rings (SSSR count). The summed E-state index contributed by atoms with van der Waals surface area (Å²) in [6.45, 7) is 26.4. The smallest absolute Gasteiger partial charge is 0.458 e. The molecule has 10 nitrogen and oxygen atoms in total. The molecule has 0 saturated heterocycles. The van der Waals surface area contributed by atoms with E-state index in [-0.39, 0.29) is 18.3 Å². The van der Waals surface area contributed by atoms with Gasteiger partial charge in [0.2, 0.25) is 5.91 Å². The number of aliphatic hydroxyl groups is 1. The molecule has 38 heavy (non-hydrogen) atoms. The lowest BCUT2D eigenvalue weighted by Crippen LogP contribution is -2.53. The van der Waals surface area contributed by atoms with Gasteiger partial charge in [0.25, 0.3) is 0 Å². The van der Waals surface area contributed by atoms with E-state index in [9.17, 15) is 19.3 Å². The summed E-state index contributed by atoms with van der Waals surface area (Å²) in [7, 11) is -6.61. The first-order valence-electron chi connectivity index (χ1n) is 13.1. The van der Waals surface area contributed by atoms with E-state index in [1.165, 1.54) is 6.92 Å². The fourth-order valence-electron chi connectivity index (χ4n) is 2.66. The van der Waals surface area contributed by atoms with E-state index in [0.717, 1.165) is 0 Å². The van der Waals surface area contributed by atoms with Crippen LogP contribution in [0.4, 0.5) is 0 Å². The largest absolute Gasteiger partial charge is 0.475 e. The van der Waals surface area contributed by atoms with Crippen molar-refractivity contribution in [3.8, 4) is 0 Å². The van der Waals surface area contributed by atoms with Crippen molar-refractivity contribution in [1.82, 2.24) is 5.32 Å². The molecule has 0 aliphatic rings. The first-order chi connectivity index (χ1) is 16.6. The van der Waals surface area contributed by atoms with E-state index in [1.807, 2.05) is 13.1 Å². The quantitative estimate of drug-likeness (QED) is 0.172. The van der Waals surface area contributed by atoms with Gasteiger partial charge in [0, 0.05) is 5.41 Å². The highest BCUT2D eigenvalue weighted by molar-refractivity contribution is 7.48. The highest BCUT2D eigenvalue weighted by Crippen LogP contribution is 2.54. The molecule has 0 aliphatic carbocycles. The highest BCUT2D eigenvalue weighted by Gasteiger charge is 2.43. The Morgan fingerprint density at radius 2 is 1.42 bits per heavy atom. The van der Waals surface area contributed by atoms with Gasteiger partial charge < -0.3 is 19.6 Å². The van der Waals surface area contributed by atoms with Gasteiger partial charge >= 0.3 is 13.8 Å². The molecule has 0 spiro atoms. The first-order valence-corrected chi connectivity index (χ1v) is 17.5. The molecule has 0 aliphatic heterocycles. The van der Waals surface area contributed by atoms with Crippen molar-refractivity contribution in [3.05, 3.63) is 0 Å². The molecule has 0 bridgehead atoms. The Labute approximate surface area is 231 Å². The Hall–Kier alpha value is -0.813. The summed E-state index contributed by atoms with van der Waals surface area (Å²) in [5.74, 6) is -1.17. The number of hydrogen-bond acceptors (Lipinski definition) is 9. The summed E-state index contributed by atoms with van der Waals surface area (Å²) in [5, 5.41) is 12.5. The number of aliphatic hydroxyl groups excluding tert-OH is 1. The molecule has 1 amide bonds. The Balaban J connectivity index is 6.05. The second-order valence-electron chi connectivity index (χ2n) is 14.2. The Kier molecular flexibility index (Phi) is 12.9. The van der Waals surface area contributed by atoms with Crippen molar-refractivity contribution in [3.63, 3.8) is 0 Å². The summed E-state index contributed by atoms with van der Waals surface area (Å²) >= 11 is 0. The summed E-state index contributed by atoms with van der Waals surface area (Å²) in [4.78, 5) is 25.8. The summed E-state index contributed by atoms with van der Waals surface area (Å²) < 4.78 is 42.7. The predicted molar refractivity (Wildman–Crippen MR) is 151 cm³/mol. The molecule has 0 aromatic carbocycles. The Bertz CT molecular complexity index is 836. The van der Waals surface area contributed by atoms with Gasteiger partial charge in [0.05, 0.1) is 31.0 Å². The van der Waals surface area contributed by atoms with Crippen molar-refractivity contribution in [2.75, 3.05) is 13.2 Å². The van der Waals surface area contributed by atoms with E-state index >= 15 is 0 Å². The maximum atomic E-state index is 13.9. The molecule has 0 fully saturated rings. The number of hydrogen-bond donors (Lipinski definition) is 2. The van der Waals surface area contributed by atoms with Crippen LogP contribution in [0.1, 0.15) is 90.0 Å². The number of nitrogens with one attached hydrogen (secondary N) is 1. The molecule has 0 saturated carbocycles. The van der Waals surface area contributed by atoms with Gasteiger partial charge in [-0.1, -0.05) is 41.5 Å². The Morgan fingerprint density at radius 1 is 0.921 bits per heavy atom. The molecule has 2 N–H and O–H groups in total. The predicted octanol–water partition coefficient (Wildman–Crippen LogP) is 5.59. The van der Waals surface area contributed by atoms with E-state index in [2.05, 4.69) is 26.1 Å². The lowest BCUT2D eigenvalue weighted by molar-refractivity contribution is -0.162. The van der Waals surface area contributed by atoms with E-state index in [0.29, 0.717) is 0 Å². The van der Waals surface area contributed by atoms with E-state index < -0.39 is 62.9 Å². The molecule has 0 radical (unpaired) electrons. The van der Waals surface area contributed by atoms with Gasteiger partial charge in [-0.3, -0.25) is 18.4 Å². The minimum atomic E-state index is -4.33. The summed E-state index contributed by atoms with van der Waals surface area (Å²) in [6.07, 6.45) is -1.92. The normalized spacial score (nSPS) is 17.8. The molecular weight excluding hydrogens is 529 g/mol. The fraction of sp³-hybridized carbons (Fsp3) is 0.923. The van der Waals surface area contributed by atoms with Crippen LogP contribution in [0.5, 0.6) is 0 Å². The van der Waals surface area contributed by atoms with Gasteiger partial charge in [-0.2, -0.15) is 0 Å². The number of phosphoric ester groups is 1. The lowest BCUT2D eigenvalue weighted by Gasteiger charge is -2.39. The molecular formula is C26H54NO9PSi. The number of rotatable bonds is 12. The highest BCUT2D eigenvalue weighted by atomic mass is 31.2. The maximum Gasteiger partial charge on any atom is 0.475 e. The molecule has 0 aromatic rings. The monoisotopic (exact) mass is 583 g/mol. The van der Waals surface area contributed by atoms with Crippen LogP contribution in [0.2, 0.25) is 18.1 Å². The van der Waals surface area contributed by atoms with Crippen LogP contribution in [0.15, 0.2) is 0 Å². The van der Waals surface area contributed by atoms with E-state index in [1.54, 1.807) is 62.3 Å². The van der Waals surface area contributed by atoms with Gasteiger partial charge in [-0.15, -0.1) is 0 Å². The minimum absolute atomic E-state index is 0.122. The fourth-order valence-corrected chi connectivity index (χ4v) is 5.70. The second-order valence-corrected chi connectivity index (χ2v) is 20.5. The van der Waals surface area contributed by atoms with Crippen LogP contribution in [0, 0.1) is 5.41 Å². The van der Waals surface area contributed by atoms with Gasteiger partial charge in [0.1, 0.15) is 5.60 Å². The summed E-state index contributed by atoms with van der Waals surface area (Å²) in [5.41, 5.74) is -2.59. The summed E-state index contributed by atoms with van der Waals surface area (Å²) in [6, 6.07) is -1.29. The number of esters is 1. The van der Waals surface area contributed by atoms with Crippen LogP contribution in [0.25, 0.3) is 0 Å². The minimum Gasteiger partial charge on any atom is -0.458 e. The molecule has 0 heterocycles. The average Bonchev–Trinajstić information content (AvgIpc) is 2.64. The van der Waals surface area contributed by atoms with Crippen LogP contribution < -0.4 is 5.32 Å². The first kappa shape index (κ1) is 37.2. The third-order valence-electron chi connectivity index (χ3n) is 5.67. The van der Waals surface area contributed by atoms with Crippen LogP contribution in [-0.4, -0.2) is 68.0 Å². The SMILES string of the molecule is C[C@H](OP(=O)(OC[C@@H](CO)O[Si](C)(C)C(C)(C)C)OC(C)(C)C)[C@H](NC(=O)C(C)(C)C)C(=O)OC(C)(C)C. The van der Waals surface area contributed by atoms with Crippen LogP contribution in [0.3, 0.4) is 0 Å². The number of phosphoric acid groups is 1.